The molecular formula is C34H42N7O3P. The van der Waals surface area contributed by atoms with Gasteiger partial charge in [0.15, 0.2) is 0 Å². The number of fused-ring (bicyclic) bond motifs is 1. The highest BCUT2D eigenvalue weighted by molar-refractivity contribution is 7.64. The summed E-state index contributed by atoms with van der Waals surface area (Å²) >= 11 is 0. The Labute approximate surface area is 266 Å². The number of allylic oxidation sites excluding steroid dienone is 1. The van der Waals surface area contributed by atoms with E-state index in [-0.39, 0.29) is 19.9 Å². The maximum atomic E-state index is 13.3. The molecule has 0 saturated heterocycles. The van der Waals surface area contributed by atoms with Gasteiger partial charge in [-0.05, 0) is 49.3 Å². The fourth-order valence-corrected chi connectivity index (χ4v) is 5.00. The molecule has 0 fully saturated rings. The van der Waals surface area contributed by atoms with Crippen LogP contribution in [0, 0.1) is 5.41 Å². The molecule has 4 rings (SSSR count). The molecule has 0 aliphatic carbocycles. The fourth-order valence-electron chi connectivity index (χ4n) is 4.26. The molecule has 0 aliphatic heterocycles. The van der Waals surface area contributed by atoms with Crippen LogP contribution in [0.3, 0.4) is 0 Å². The number of nitrogens with one attached hydrogen (secondary N) is 2. The molecule has 0 spiro atoms. The summed E-state index contributed by atoms with van der Waals surface area (Å²) in [5.74, 6) is 1.78. The van der Waals surface area contributed by atoms with Crippen molar-refractivity contribution in [3.8, 4) is 11.6 Å². The standard InChI is InChI=1S/C34H42N7O3P/c1-34(2,3)29(35)22-30(37-23-12-14-24(15-13-23)45(5)6)39-33(43)38-27-16-17-28(26-11-8-7-10-25(26)27)44-31-18-19-36-32(40-31)41(4)20-9-21-42/h7-8,10-19,22,42H,9,20-21,35H2,1-6H3,(H2,37,38,39,43). The number of carbonyl (C=O) groups is 1. The maximum Gasteiger partial charge on any atom is 0.324 e. The molecule has 10 nitrogen and oxygen atoms in total. The maximum absolute atomic E-state index is 13.3. The van der Waals surface area contributed by atoms with Gasteiger partial charge in [-0.2, -0.15) is 4.98 Å². The number of amides is 2. The number of hydrogen-bond acceptors (Lipinski definition) is 8. The lowest BCUT2D eigenvalue weighted by atomic mass is 9.92. The van der Waals surface area contributed by atoms with E-state index in [1.807, 2.05) is 69.1 Å². The van der Waals surface area contributed by atoms with Gasteiger partial charge in [-0.25, -0.2) is 14.8 Å². The Hall–Kier alpha value is -4.53. The molecule has 11 heteroatoms. The van der Waals surface area contributed by atoms with Gasteiger partial charge in [0.25, 0.3) is 0 Å². The summed E-state index contributed by atoms with van der Waals surface area (Å²) in [4.78, 5) is 28.7. The Kier molecular flexibility index (Phi) is 11.1. The first-order valence-electron chi connectivity index (χ1n) is 14.7. The van der Waals surface area contributed by atoms with Crippen molar-refractivity contribution in [1.82, 2.24) is 15.3 Å². The van der Waals surface area contributed by atoms with Crippen molar-refractivity contribution in [2.24, 2.45) is 16.1 Å². The molecule has 0 unspecified atom stereocenters. The summed E-state index contributed by atoms with van der Waals surface area (Å²) in [6, 6.07) is 20.5. The third-order valence-electron chi connectivity index (χ3n) is 6.97. The topological polar surface area (TPSA) is 138 Å². The molecule has 2 amide bonds. The Morgan fingerprint density at radius 1 is 1.07 bits per heavy atom. The average molecular weight is 628 g/mol. The van der Waals surface area contributed by atoms with Crippen LogP contribution < -0.4 is 31.3 Å². The van der Waals surface area contributed by atoms with E-state index in [0.29, 0.717) is 53.5 Å². The number of aliphatic imine (C=N–C) groups is 1. The number of rotatable bonds is 10. The number of aliphatic hydroxyl groups excluding tert-OH is 1. The minimum atomic E-state index is -0.459. The smallest absolute Gasteiger partial charge is 0.324 e. The van der Waals surface area contributed by atoms with Gasteiger partial charge < -0.3 is 25.8 Å². The minimum Gasteiger partial charge on any atom is -0.438 e. The van der Waals surface area contributed by atoms with Crippen LogP contribution in [0.4, 0.5) is 22.1 Å². The Bertz CT molecular complexity index is 1680. The summed E-state index contributed by atoms with van der Waals surface area (Å²) < 4.78 is 6.18. The van der Waals surface area contributed by atoms with Crippen molar-refractivity contribution in [1.29, 1.82) is 0 Å². The van der Waals surface area contributed by atoms with Crippen molar-refractivity contribution < 1.29 is 14.6 Å². The SMILES string of the molecule is CN(CCCO)c1nccc(Oc2ccc(NC(=O)NC(C=C(N)C(C)(C)C)=Nc3ccc(P(C)C)cc3)c3ccccc23)n1. The quantitative estimate of drug-likeness (QED) is 0.0914. The lowest BCUT2D eigenvalue weighted by molar-refractivity contribution is 0.256. The van der Waals surface area contributed by atoms with Crippen molar-refractivity contribution >= 4 is 53.2 Å². The van der Waals surface area contributed by atoms with E-state index >= 15 is 0 Å². The predicted octanol–water partition coefficient (Wildman–Crippen LogP) is 6.35. The largest absolute Gasteiger partial charge is 0.438 e. The van der Waals surface area contributed by atoms with Crippen LogP contribution in [-0.4, -0.2) is 60.5 Å². The van der Waals surface area contributed by atoms with E-state index in [1.54, 1.807) is 30.5 Å². The van der Waals surface area contributed by atoms with Crippen molar-refractivity contribution in [2.75, 3.05) is 43.7 Å². The van der Waals surface area contributed by atoms with Crippen LogP contribution in [0.15, 0.2) is 89.7 Å². The van der Waals surface area contributed by atoms with Gasteiger partial charge in [-0.15, -0.1) is 0 Å². The zero-order chi connectivity index (χ0) is 32.6. The molecule has 0 bridgehead atoms. The Morgan fingerprint density at radius 2 is 1.78 bits per heavy atom. The molecule has 0 aliphatic rings. The summed E-state index contributed by atoms with van der Waals surface area (Å²) in [7, 11) is 1.64. The van der Waals surface area contributed by atoms with E-state index in [0.717, 1.165) is 10.8 Å². The number of carbonyl (C=O) groups excluding carboxylic acids is 1. The van der Waals surface area contributed by atoms with Gasteiger partial charge in [-0.1, -0.05) is 65.1 Å². The van der Waals surface area contributed by atoms with E-state index in [9.17, 15) is 4.79 Å². The molecule has 1 aromatic heterocycles. The molecular weight excluding hydrogens is 585 g/mol. The number of urea groups is 1. The van der Waals surface area contributed by atoms with E-state index in [1.165, 1.54) is 5.30 Å². The van der Waals surface area contributed by atoms with Gasteiger partial charge in [-0.3, -0.25) is 5.32 Å². The number of ether oxygens (including phenoxy) is 1. The van der Waals surface area contributed by atoms with Crippen LogP contribution in [0.2, 0.25) is 0 Å². The highest BCUT2D eigenvalue weighted by Crippen LogP contribution is 2.34. The number of nitrogens with zero attached hydrogens (tertiary/aromatic N) is 4. The molecule has 4 aromatic rings. The third kappa shape index (κ3) is 9.23. The second-order valence-corrected chi connectivity index (χ2v) is 14.1. The Balaban J connectivity index is 1.58. The number of hydrogen-bond donors (Lipinski definition) is 4. The number of aromatic nitrogens is 2. The van der Waals surface area contributed by atoms with Crippen LogP contribution in [-0.2, 0) is 0 Å². The van der Waals surface area contributed by atoms with Crippen LogP contribution in [0.25, 0.3) is 10.8 Å². The first kappa shape index (κ1) is 33.4. The van der Waals surface area contributed by atoms with Gasteiger partial charge in [0.05, 0.1) is 11.4 Å². The van der Waals surface area contributed by atoms with E-state index in [4.69, 9.17) is 20.6 Å². The monoisotopic (exact) mass is 627 g/mol. The second kappa shape index (κ2) is 15.0. The number of aliphatic hydroxyl groups is 1. The zero-order valence-corrected chi connectivity index (χ0v) is 27.6. The van der Waals surface area contributed by atoms with Crippen LogP contribution in [0.1, 0.15) is 27.2 Å². The van der Waals surface area contributed by atoms with Crippen LogP contribution in [0.5, 0.6) is 11.6 Å². The van der Waals surface area contributed by atoms with Gasteiger partial charge in [0.1, 0.15) is 11.6 Å². The van der Waals surface area contributed by atoms with E-state index in [2.05, 4.69) is 46.1 Å². The summed E-state index contributed by atoms with van der Waals surface area (Å²) in [5.41, 5.74) is 7.96. The molecule has 3 aromatic carbocycles. The van der Waals surface area contributed by atoms with Crippen LogP contribution >= 0.6 is 7.92 Å². The summed E-state index contributed by atoms with van der Waals surface area (Å²) in [6.07, 6.45) is 3.94. The van der Waals surface area contributed by atoms with Crippen molar-refractivity contribution in [2.45, 2.75) is 27.2 Å². The average Bonchev–Trinajstić information content (AvgIpc) is 3.01. The number of nitrogens with two attached hydrogens (primary N) is 1. The lowest BCUT2D eigenvalue weighted by Crippen LogP contribution is -2.34. The highest BCUT2D eigenvalue weighted by Gasteiger charge is 2.17. The molecule has 1 heterocycles. The number of benzene rings is 3. The molecule has 236 valence electrons. The lowest BCUT2D eigenvalue weighted by Gasteiger charge is -2.19. The van der Waals surface area contributed by atoms with E-state index < -0.39 is 6.03 Å². The third-order valence-corrected chi connectivity index (χ3v) is 8.30. The summed E-state index contributed by atoms with van der Waals surface area (Å²) in [6.45, 7) is 11.1. The van der Waals surface area contributed by atoms with Gasteiger partial charge >= 0.3 is 6.03 Å². The first-order chi connectivity index (χ1) is 21.4. The number of amidine groups is 1. The normalized spacial score (nSPS) is 12.4. The fraction of sp³-hybridized carbons (Fsp3) is 0.294. The van der Waals surface area contributed by atoms with Crippen molar-refractivity contribution in [3.05, 3.63) is 84.7 Å². The molecule has 0 saturated carbocycles. The Morgan fingerprint density at radius 3 is 2.44 bits per heavy atom. The second-order valence-electron chi connectivity index (χ2n) is 11.8. The zero-order valence-electron chi connectivity index (χ0n) is 26.7. The summed E-state index contributed by atoms with van der Waals surface area (Å²) in [5, 5.41) is 17.8. The molecule has 45 heavy (non-hydrogen) atoms. The number of anilines is 2. The van der Waals surface area contributed by atoms with Gasteiger partial charge in [0.2, 0.25) is 11.8 Å². The first-order valence-corrected chi connectivity index (χ1v) is 16.9. The molecule has 5 N–H and O–H groups in total. The highest BCUT2D eigenvalue weighted by atomic mass is 31.1. The molecule has 0 atom stereocenters. The minimum absolute atomic E-state index is 0.0908. The predicted molar refractivity (Wildman–Crippen MR) is 187 cm³/mol. The van der Waals surface area contributed by atoms with Crippen molar-refractivity contribution in [3.63, 3.8) is 0 Å². The van der Waals surface area contributed by atoms with Gasteiger partial charge in [0, 0.05) is 60.4 Å². The molecule has 0 radical (unpaired) electrons.